The van der Waals surface area contributed by atoms with Crippen LogP contribution in [0.5, 0.6) is 0 Å². The second-order valence-corrected chi connectivity index (χ2v) is 11.4. The highest BCUT2D eigenvalue weighted by Gasteiger charge is 2.27. The van der Waals surface area contributed by atoms with Gasteiger partial charge in [-0.1, -0.05) is 41.8 Å². The van der Waals surface area contributed by atoms with E-state index >= 15 is 17.6 Å². The van der Waals surface area contributed by atoms with E-state index in [2.05, 4.69) is 0 Å². The fraction of sp³-hybridized carbons (Fsp3) is 0.189. The molecule has 1 aliphatic carbocycles. The zero-order valence-electron chi connectivity index (χ0n) is 24.2. The van der Waals surface area contributed by atoms with Crippen LogP contribution < -0.4 is 0 Å². The molecule has 0 heterocycles. The highest BCUT2D eigenvalue weighted by molar-refractivity contribution is 5.89. The van der Waals surface area contributed by atoms with Gasteiger partial charge in [-0.05, 0) is 108 Å². The summed E-state index contributed by atoms with van der Waals surface area (Å²) in [5.41, 5.74) is 1.53. The Bertz CT molecular complexity index is 2030. The second kappa shape index (κ2) is 11.9. The lowest BCUT2D eigenvalue weighted by Crippen LogP contribution is -2.03. The van der Waals surface area contributed by atoms with E-state index in [9.17, 15) is 22.0 Å². The van der Waals surface area contributed by atoms with Gasteiger partial charge >= 0.3 is 6.18 Å². The van der Waals surface area contributed by atoms with Crippen molar-refractivity contribution in [1.29, 1.82) is 0 Å². The molecular formula is C37H23F9. The predicted molar refractivity (Wildman–Crippen MR) is 158 cm³/mol. The first-order valence-corrected chi connectivity index (χ1v) is 14.4. The van der Waals surface area contributed by atoms with Crippen molar-refractivity contribution in [2.24, 2.45) is 0 Å². The molecule has 0 saturated heterocycles. The average Bonchev–Trinajstić information content (AvgIpc) is 3.81. The third kappa shape index (κ3) is 6.34. The van der Waals surface area contributed by atoms with Crippen LogP contribution in [0, 0.1) is 53.7 Å². The van der Waals surface area contributed by atoms with E-state index in [1.807, 2.05) is 25.1 Å². The fourth-order valence-corrected chi connectivity index (χ4v) is 5.72. The van der Waals surface area contributed by atoms with Gasteiger partial charge in [0.2, 0.25) is 0 Å². The Labute approximate surface area is 258 Å². The molecule has 0 atom stereocenters. The van der Waals surface area contributed by atoms with E-state index in [0.29, 0.717) is 11.5 Å². The number of aryl methyl sites for hydroxylation is 2. The summed E-state index contributed by atoms with van der Waals surface area (Å²) in [5.74, 6) is -3.66. The molecule has 0 amide bonds. The molecule has 0 aliphatic heterocycles. The fourth-order valence-electron chi connectivity index (χ4n) is 5.72. The van der Waals surface area contributed by atoms with Crippen LogP contribution in [0.4, 0.5) is 39.5 Å². The highest BCUT2D eigenvalue weighted by Crippen LogP contribution is 2.45. The number of halogens is 9. The lowest BCUT2D eigenvalue weighted by molar-refractivity contribution is -0.0696. The van der Waals surface area contributed by atoms with Gasteiger partial charge in [-0.25, -0.2) is 26.3 Å². The molecule has 0 aromatic heterocycles. The van der Waals surface area contributed by atoms with Crippen LogP contribution in [0.25, 0.3) is 33.0 Å². The van der Waals surface area contributed by atoms with Gasteiger partial charge in [0.25, 0.3) is 0 Å². The summed E-state index contributed by atoms with van der Waals surface area (Å²) in [6, 6.07) is 14.4. The molecule has 0 N–H and O–H groups in total. The van der Waals surface area contributed by atoms with Crippen molar-refractivity contribution in [2.45, 2.75) is 44.7 Å². The van der Waals surface area contributed by atoms with Crippen LogP contribution >= 0.6 is 0 Å². The van der Waals surface area contributed by atoms with Crippen molar-refractivity contribution >= 4 is 10.8 Å². The largest absolute Gasteiger partial charge is 0.458 e. The molecule has 6 rings (SSSR count). The van der Waals surface area contributed by atoms with Crippen LogP contribution in [-0.4, -0.2) is 6.18 Å². The van der Waals surface area contributed by atoms with E-state index < -0.39 is 52.2 Å². The van der Waals surface area contributed by atoms with E-state index in [0.717, 1.165) is 71.9 Å². The monoisotopic (exact) mass is 638 g/mol. The maximum absolute atomic E-state index is 15.2. The third-order valence-corrected chi connectivity index (χ3v) is 8.09. The highest BCUT2D eigenvalue weighted by atomic mass is 19.4. The number of alkyl halides is 3. The number of benzene rings is 5. The smallest absolute Gasteiger partial charge is 0.207 e. The first-order chi connectivity index (χ1) is 21.8. The van der Waals surface area contributed by atoms with Gasteiger partial charge in [0.15, 0.2) is 0 Å². The van der Waals surface area contributed by atoms with Gasteiger partial charge in [-0.3, -0.25) is 0 Å². The SMILES string of the molecule is Cc1ccc(-c2cc(F)c(CCc3cc(F)c(-c4ccc5c(F)c(C#CC(F)(F)F)c(F)cc5c4)c(F)c3)c(F)c2)c(C2CC2)c1. The minimum Gasteiger partial charge on any atom is -0.207 e. The average molecular weight is 639 g/mol. The zero-order valence-corrected chi connectivity index (χ0v) is 24.2. The normalized spacial score (nSPS) is 13.2. The van der Waals surface area contributed by atoms with Crippen molar-refractivity contribution in [2.75, 3.05) is 0 Å². The van der Waals surface area contributed by atoms with Gasteiger partial charge in [0.05, 0.1) is 11.1 Å². The van der Waals surface area contributed by atoms with Crippen LogP contribution in [0.15, 0.2) is 66.7 Å². The maximum atomic E-state index is 15.2. The molecule has 1 aliphatic rings. The van der Waals surface area contributed by atoms with Gasteiger partial charge < -0.3 is 0 Å². The number of hydrogen-bond acceptors (Lipinski definition) is 0. The van der Waals surface area contributed by atoms with E-state index in [4.69, 9.17) is 0 Å². The molecule has 46 heavy (non-hydrogen) atoms. The molecule has 0 bridgehead atoms. The Morgan fingerprint density at radius 1 is 0.696 bits per heavy atom. The van der Waals surface area contributed by atoms with Gasteiger partial charge in [-0.2, -0.15) is 13.2 Å². The Morgan fingerprint density at radius 3 is 2.00 bits per heavy atom. The summed E-state index contributed by atoms with van der Waals surface area (Å²) in [5, 5.41) is -0.451. The number of rotatable bonds is 6. The summed E-state index contributed by atoms with van der Waals surface area (Å²) in [7, 11) is 0. The summed E-state index contributed by atoms with van der Waals surface area (Å²) < 4.78 is 127. The van der Waals surface area contributed by atoms with Crippen molar-refractivity contribution in [3.05, 3.63) is 129 Å². The first-order valence-electron chi connectivity index (χ1n) is 14.4. The van der Waals surface area contributed by atoms with Crippen molar-refractivity contribution in [3.8, 4) is 34.1 Å². The Morgan fingerprint density at radius 2 is 1.37 bits per heavy atom. The number of fused-ring (bicyclic) bond motifs is 1. The van der Waals surface area contributed by atoms with Crippen LogP contribution in [0.1, 0.15) is 46.6 Å². The van der Waals surface area contributed by atoms with E-state index in [1.165, 1.54) is 18.1 Å². The standard InChI is InChI=1S/C37H23F9/c1-19-2-7-25(29(12-19)21-4-5-21)24-17-30(38)27(31(39)18-24)8-3-20-13-33(41)35(34(42)14-20)22-6-9-26-23(15-22)16-32(40)28(36(26)43)10-11-37(44,45)46/h2,6-7,9,12-18,21H,3-5,8H2,1H3. The molecule has 9 heteroatoms. The molecule has 0 radical (unpaired) electrons. The van der Waals surface area contributed by atoms with Crippen LogP contribution in [0.2, 0.25) is 0 Å². The molecule has 1 saturated carbocycles. The minimum absolute atomic E-state index is 0.0867. The Hall–Kier alpha value is -4.71. The van der Waals surface area contributed by atoms with Gasteiger partial charge in [-0.15, -0.1) is 0 Å². The van der Waals surface area contributed by atoms with E-state index in [-0.39, 0.29) is 40.3 Å². The topological polar surface area (TPSA) is 0 Å². The molecule has 0 nitrogen and oxygen atoms in total. The molecule has 1 fully saturated rings. The third-order valence-electron chi connectivity index (χ3n) is 8.09. The zero-order chi connectivity index (χ0) is 32.9. The van der Waals surface area contributed by atoms with Crippen molar-refractivity contribution < 1.29 is 39.5 Å². The lowest BCUT2D eigenvalue weighted by Gasteiger charge is -2.14. The lowest BCUT2D eigenvalue weighted by atomic mass is 9.93. The van der Waals surface area contributed by atoms with Crippen molar-refractivity contribution in [3.63, 3.8) is 0 Å². The van der Waals surface area contributed by atoms with E-state index in [1.54, 1.807) is 0 Å². The Kier molecular flexibility index (Phi) is 8.09. The molecule has 0 unspecified atom stereocenters. The summed E-state index contributed by atoms with van der Waals surface area (Å²) >= 11 is 0. The van der Waals surface area contributed by atoms with Gasteiger partial charge in [0.1, 0.15) is 34.9 Å². The predicted octanol–water partition coefficient (Wildman–Crippen LogP) is 10.9. The first kappa shape index (κ1) is 31.3. The van der Waals surface area contributed by atoms with Crippen molar-refractivity contribution in [1.82, 2.24) is 0 Å². The Balaban J connectivity index is 1.25. The molecule has 234 valence electrons. The second-order valence-electron chi connectivity index (χ2n) is 11.4. The quantitative estimate of drug-likeness (QED) is 0.128. The molecule has 0 spiro atoms. The molecule has 5 aromatic rings. The summed E-state index contributed by atoms with van der Waals surface area (Å²) in [6.07, 6.45) is -3.18. The van der Waals surface area contributed by atoms with Crippen LogP contribution in [0.3, 0.4) is 0 Å². The van der Waals surface area contributed by atoms with Crippen LogP contribution in [-0.2, 0) is 12.8 Å². The molecular weight excluding hydrogens is 615 g/mol. The van der Waals surface area contributed by atoms with Gasteiger partial charge in [0, 0.05) is 16.9 Å². The minimum atomic E-state index is -4.97. The molecule has 5 aromatic carbocycles. The summed E-state index contributed by atoms with van der Waals surface area (Å²) in [6.45, 7) is 1.96. The summed E-state index contributed by atoms with van der Waals surface area (Å²) in [4.78, 5) is 0. The maximum Gasteiger partial charge on any atom is 0.458 e. The number of hydrogen-bond donors (Lipinski definition) is 0.